The second-order valence-electron chi connectivity index (χ2n) is 7.26. The number of carbonyl (C=O) groups is 2. The van der Waals surface area contributed by atoms with Crippen LogP contribution < -0.4 is 14.8 Å². The fourth-order valence-corrected chi connectivity index (χ4v) is 4.28. The van der Waals surface area contributed by atoms with Crippen molar-refractivity contribution in [1.29, 1.82) is 0 Å². The maximum Gasteiger partial charge on any atom is 0.257 e. The third-order valence-corrected chi connectivity index (χ3v) is 6.66. The molecule has 0 aliphatic carbocycles. The SMILES string of the molecule is CCS(=O)(=O)Nc1ccc2c(c1)C(=O)N(C)[C@H]1CC[C@H](CC(=O)NC)O[C@@H]1CO2. The zero-order chi connectivity index (χ0) is 21.2. The number of nitrogens with zero attached hydrogens (tertiary/aromatic N) is 1. The number of fused-ring (bicyclic) bond motifs is 2. The van der Waals surface area contributed by atoms with Crippen LogP contribution >= 0.6 is 0 Å². The average Bonchev–Trinajstić information content (AvgIpc) is 2.70. The Balaban J connectivity index is 1.82. The zero-order valence-electron chi connectivity index (χ0n) is 16.8. The summed E-state index contributed by atoms with van der Waals surface area (Å²) in [5, 5.41) is 2.60. The van der Waals surface area contributed by atoms with Gasteiger partial charge in [-0.1, -0.05) is 0 Å². The molecule has 0 unspecified atom stereocenters. The van der Waals surface area contributed by atoms with Gasteiger partial charge in [0.2, 0.25) is 15.9 Å². The maximum absolute atomic E-state index is 13.1. The lowest BCUT2D eigenvalue weighted by Gasteiger charge is -2.42. The molecule has 29 heavy (non-hydrogen) atoms. The molecule has 2 heterocycles. The molecule has 10 heteroatoms. The van der Waals surface area contributed by atoms with E-state index in [1.807, 2.05) is 0 Å². The van der Waals surface area contributed by atoms with E-state index in [0.717, 1.165) is 0 Å². The highest BCUT2D eigenvalue weighted by Crippen LogP contribution is 2.32. The van der Waals surface area contributed by atoms with Crippen molar-refractivity contribution in [2.45, 2.75) is 44.4 Å². The van der Waals surface area contributed by atoms with Crippen molar-refractivity contribution in [3.63, 3.8) is 0 Å². The fraction of sp³-hybridized carbons (Fsp3) is 0.579. The molecule has 0 radical (unpaired) electrons. The highest BCUT2D eigenvalue weighted by molar-refractivity contribution is 7.92. The Kier molecular flexibility index (Phi) is 6.33. The first kappa shape index (κ1) is 21.4. The molecular weight excluding hydrogens is 398 g/mol. The largest absolute Gasteiger partial charge is 0.490 e. The van der Waals surface area contributed by atoms with E-state index in [9.17, 15) is 18.0 Å². The lowest BCUT2D eigenvalue weighted by Crippen LogP contribution is -2.53. The van der Waals surface area contributed by atoms with Gasteiger partial charge in [-0.3, -0.25) is 14.3 Å². The summed E-state index contributed by atoms with van der Waals surface area (Å²) in [6.07, 6.45) is 1.06. The number of carbonyl (C=O) groups excluding carboxylic acids is 2. The molecule has 1 aromatic rings. The number of benzene rings is 1. The summed E-state index contributed by atoms with van der Waals surface area (Å²) >= 11 is 0. The lowest BCUT2D eigenvalue weighted by atomic mass is 9.94. The summed E-state index contributed by atoms with van der Waals surface area (Å²) in [7, 11) is -0.155. The van der Waals surface area contributed by atoms with Crippen LogP contribution in [0.2, 0.25) is 0 Å². The Morgan fingerprint density at radius 2 is 2.07 bits per heavy atom. The van der Waals surface area contributed by atoms with Gasteiger partial charge in [-0.05, 0) is 38.0 Å². The van der Waals surface area contributed by atoms with Crippen LogP contribution in [0.1, 0.15) is 36.5 Å². The highest BCUT2D eigenvalue weighted by atomic mass is 32.2. The normalized spacial score (nSPS) is 24.4. The van der Waals surface area contributed by atoms with Gasteiger partial charge in [0.15, 0.2) is 0 Å². The molecule has 1 fully saturated rings. The number of sulfonamides is 1. The van der Waals surface area contributed by atoms with E-state index < -0.39 is 10.0 Å². The number of rotatable bonds is 5. The maximum atomic E-state index is 13.1. The van der Waals surface area contributed by atoms with Crippen LogP contribution in [0.25, 0.3) is 0 Å². The van der Waals surface area contributed by atoms with Crippen molar-refractivity contribution in [2.75, 3.05) is 31.2 Å². The summed E-state index contributed by atoms with van der Waals surface area (Å²) in [5.74, 6) is -0.0401. The van der Waals surface area contributed by atoms with Gasteiger partial charge < -0.3 is 19.7 Å². The molecule has 1 aromatic carbocycles. The van der Waals surface area contributed by atoms with Crippen LogP contribution in [0.3, 0.4) is 0 Å². The van der Waals surface area contributed by atoms with Gasteiger partial charge in [-0.25, -0.2) is 8.42 Å². The summed E-state index contributed by atoms with van der Waals surface area (Å²) in [6.45, 7) is 1.78. The van der Waals surface area contributed by atoms with Crippen LogP contribution in [0.5, 0.6) is 5.75 Å². The number of anilines is 1. The summed E-state index contributed by atoms with van der Waals surface area (Å²) in [6, 6.07) is 4.46. The molecule has 2 N–H and O–H groups in total. The molecule has 2 aliphatic rings. The Morgan fingerprint density at radius 3 is 2.76 bits per heavy atom. The van der Waals surface area contributed by atoms with Crippen LogP contribution in [0, 0.1) is 0 Å². The van der Waals surface area contributed by atoms with Crippen molar-refractivity contribution < 1.29 is 27.5 Å². The number of hydrogen-bond acceptors (Lipinski definition) is 6. The number of hydrogen-bond donors (Lipinski definition) is 2. The Hall–Kier alpha value is -2.33. The van der Waals surface area contributed by atoms with Crippen LogP contribution in [-0.2, 0) is 19.6 Å². The predicted molar refractivity (Wildman–Crippen MR) is 107 cm³/mol. The van der Waals surface area contributed by atoms with Crippen LogP contribution in [-0.4, -0.2) is 69.8 Å². The molecule has 3 atom stereocenters. The van der Waals surface area contributed by atoms with E-state index in [0.29, 0.717) is 29.8 Å². The summed E-state index contributed by atoms with van der Waals surface area (Å²) in [5.41, 5.74) is 0.619. The first-order valence-electron chi connectivity index (χ1n) is 9.64. The van der Waals surface area contributed by atoms with E-state index >= 15 is 0 Å². The first-order chi connectivity index (χ1) is 13.7. The Labute approximate surface area is 170 Å². The molecule has 1 saturated heterocycles. The van der Waals surface area contributed by atoms with Crippen molar-refractivity contribution in [3.05, 3.63) is 23.8 Å². The third kappa shape index (κ3) is 4.81. The van der Waals surface area contributed by atoms with Gasteiger partial charge in [0, 0.05) is 19.8 Å². The van der Waals surface area contributed by atoms with Crippen LogP contribution in [0.15, 0.2) is 18.2 Å². The van der Waals surface area contributed by atoms with E-state index in [1.165, 1.54) is 6.07 Å². The van der Waals surface area contributed by atoms with Gasteiger partial charge in [0.05, 0.1) is 29.9 Å². The quantitative estimate of drug-likeness (QED) is 0.727. The summed E-state index contributed by atoms with van der Waals surface area (Å²) in [4.78, 5) is 26.4. The second-order valence-corrected chi connectivity index (χ2v) is 9.27. The molecule has 9 nitrogen and oxygen atoms in total. The van der Waals surface area contributed by atoms with Crippen molar-refractivity contribution in [1.82, 2.24) is 10.2 Å². The fourth-order valence-electron chi connectivity index (χ4n) is 3.65. The van der Waals surface area contributed by atoms with Gasteiger partial charge >= 0.3 is 0 Å². The number of amides is 2. The minimum absolute atomic E-state index is 0.0628. The summed E-state index contributed by atoms with van der Waals surface area (Å²) < 4.78 is 38.1. The van der Waals surface area contributed by atoms with Crippen molar-refractivity contribution in [3.8, 4) is 5.75 Å². The molecule has 2 amide bonds. The highest BCUT2D eigenvalue weighted by Gasteiger charge is 2.39. The molecule has 0 bridgehead atoms. The molecule has 0 aromatic heterocycles. The topological polar surface area (TPSA) is 114 Å². The predicted octanol–water partition coefficient (Wildman–Crippen LogP) is 0.965. The van der Waals surface area contributed by atoms with Gasteiger partial charge in [-0.2, -0.15) is 0 Å². The number of nitrogens with one attached hydrogen (secondary N) is 2. The number of ether oxygens (including phenoxy) is 2. The smallest absolute Gasteiger partial charge is 0.257 e. The second kappa shape index (κ2) is 8.58. The van der Waals surface area contributed by atoms with E-state index in [2.05, 4.69) is 10.0 Å². The molecule has 160 valence electrons. The first-order valence-corrected chi connectivity index (χ1v) is 11.3. The van der Waals surface area contributed by atoms with E-state index in [4.69, 9.17) is 9.47 Å². The van der Waals surface area contributed by atoms with Gasteiger partial charge in [-0.15, -0.1) is 0 Å². The van der Waals surface area contributed by atoms with Gasteiger partial charge in [0.1, 0.15) is 18.5 Å². The third-order valence-electron chi connectivity index (χ3n) is 5.36. The monoisotopic (exact) mass is 425 g/mol. The Morgan fingerprint density at radius 1 is 1.31 bits per heavy atom. The Bertz CT molecular complexity index is 888. The molecule has 0 saturated carbocycles. The van der Waals surface area contributed by atoms with Crippen molar-refractivity contribution in [2.24, 2.45) is 0 Å². The van der Waals surface area contributed by atoms with E-state index in [1.54, 1.807) is 38.1 Å². The molecule has 0 spiro atoms. The average molecular weight is 426 g/mol. The number of likely N-dealkylation sites (N-methyl/N-ethyl adjacent to an activating group) is 1. The standard InChI is InChI=1S/C19H27N3O6S/c1-4-29(25,26)21-12-5-8-16-14(9-12)19(24)22(3)15-7-6-13(10-18(23)20-2)28-17(15)11-27-16/h5,8-9,13,15,17,21H,4,6-7,10-11H2,1-3H3,(H,20,23)/t13-,15+,17-/m1/s1. The van der Waals surface area contributed by atoms with E-state index in [-0.39, 0.29) is 48.8 Å². The zero-order valence-corrected chi connectivity index (χ0v) is 17.6. The van der Waals surface area contributed by atoms with Crippen molar-refractivity contribution >= 4 is 27.5 Å². The lowest BCUT2D eigenvalue weighted by molar-refractivity contribution is -0.133. The van der Waals surface area contributed by atoms with Crippen LogP contribution in [0.4, 0.5) is 5.69 Å². The minimum atomic E-state index is -3.45. The minimum Gasteiger partial charge on any atom is -0.490 e. The van der Waals surface area contributed by atoms with Gasteiger partial charge in [0.25, 0.3) is 5.91 Å². The molecule has 3 rings (SSSR count). The molecule has 2 aliphatic heterocycles. The molecular formula is C19H27N3O6S.